The Labute approximate surface area is 393 Å². The monoisotopic (exact) mass is 876 g/mol. The maximum Gasteiger partial charge on any atom is 0.179 e. The molecule has 3 nitrogen and oxygen atoms in total. The Morgan fingerprint density at radius 2 is 0.761 bits per heavy atom. The van der Waals surface area contributed by atoms with Crippen molar-refractivity contribution >= 4 is 84.9 Å². The van der Waals surface area contributed by atoms with Gasteiger partial charge in [-0.2, -0.15) is 0 Å². The number of anilines is 6. The number of rotatable bonds is 10. The second-order valence-electron chi connectivity index (χ2n) is 18.1. The van der Waals surface area contributed by atoms with Gasteiger partial charge in [-0.3, -0.25) is 0 Å². The zero-order valence-corrected chi connectivity index (χ0v) is 38.6. The zero-order valence-electron chi connectivity index (χ0n) is 37.6. The van der Waals surface area contributed by atoms with Crippen LogP contribution < -0.4 is 30.5 Å². The number of hydrogen-bond donors (Lipinski definition) is 0. The summed E-state index contributed by atoms with van der Waals surface area (Å²) < 4.78 is 6.27. The summed E-state index contributed by atoms with van der Waals surface area (Å²) in [5.74, 6) is 0. The van der Waals surface area contributed by atoms with Crippen molar-refractivity contribution in [3.8, 4) is 11.1 Å². The molecule has 10 aromatic carbocycles. The van der Waals surface area contributed by atoms with E-state index in [1.165, 1.54) is 43.0 Å². The van der Waals surface area contributed by atoms with Crippen molar-refractivity contribution in [3.05, 3.63) is 266 Å². The van der Waals surface area contributed by atoms with E-state index in [2.05, 4.69) is 266 Å². The topological polar surface area (TPSA) is 19.6 Å². The van der Waals surface area contributed by atoms with Crippen molar-refractivity contribution in [1.29, 1.82) is 0 Å². The molecule has 0 fully saturated rings. The average Bonchev–Trinajstić information content (AvgIpc) is 3.87. The molecule has 0 amide bonds. The van der Waals surface area contributed by atoms with Gasteiger partial charge in [0.15, 0.2) is 8.07 Å². The first-order chi connectivity index (χ1) is 33.0. The minimum atomic E-state index is -2.99. The van der Waals surface area contributed by atoms with Crippen LogP contribution in [-0.2, 0) is 5.41 Å². The average molecular weight is 877 g/mol. The maximum atomic E-state index is 6.27. The summed E-state index contributed by atoms with van der Waals surface area (Å²) in [4.78, 5) is 4.79. The molecule has 12 rings (SSSR count). The summed E-state index contributed by atoms with van der Waals surface area (Å²) in [5, 5.41) is 7.47. The van der Waals surface area contributed by atoms with E-state index in [1.807, 2.05) is 12.1 Å². The molecular weight excluding hydrogens is 829 g/mol. The smallest absolute Gasteiger partial charge is 0.179 e. The van der Waals surface area contributed by atoms with Gasteiger partial charge in [-0.1, -0.05) is 184 Å². The number of benzene rings is 10. The zero-order chi connectivity index (χ0) is 45.0. The fourth-order valence-corrected chi connectivity index (χ4v) is 15.6. The Morgan fingerprint density at radius 3 is 1.45 bits per heavy atom. The van der Waals surface area contributed by atoms with Crippen LogP contribution in [-0.4, -0.2) is 8.07 Å². The van der Waals surface area contributed by atoms with Crippen molar-refractivity contribution in [2.75, 3.05) is 9.80 Å². The number of hydrogen-bond acceptors (Lipinski definition) is 3. The van der Waals surface area contributed by atoms with Crippen molar-refractivity contribution < 1.29 is 4.42 Å². The summed E-state index contributed by atoms with van der Waals surface area (Å²) in [6.07, 6.45) is 0. The lowest BCUT2D eigenvalue weighted by Crippen LogP contribution is -2.74. The molecule has 4 heteroatoms. The van der Waals surface area contributed by atoms with Crippen LogP contribution in [0.1, 0.15) is 25.0 Å². The third kappa shape index (κ3) is 6.71. The standard InChI is InChI=1S/C63H48N2OSi/c1-63(2)59-32-17-15-30-55(59)57-43-49(36-40-60(57)63)65(46-22-9-4-10-23-46)48-24-19-29-54(42-48)67(51-25-11-5-12-26-51,52-27-13-6-14-28-52)53-38-34-47(35-39-53)64(45-20-7-3-8-21-45)50-37-41-62-58(44-50)56-31-16-18-33-61(56)66-62/h3-44H,1-2H3. The van der Waals surface area contributed by atoms with Gasteiger partial charge in [0.2, 0.25) is 0 Å². The van der Waals surface area contributed by atoms with Gasteiger partial charge in [-0.05, 0) is 128 Å². The molecule has 0 spiro atoms. The fourth-order valence-electron chi connectivity index (χ4n) is 10.9. The van der Waals surface area contributed by atoms with E-state index < -0.39 is 8.07 Å². The Kier molecular flexibility index (Phi) is 9.85. The molecule has 320 valence electrons. The molecule has 0 saturated carbocycles. The van der Waals surface area contributed by atoms with Crippen LogP contribution in [0.2, 0.25) is 0 Å². The highest BCUT2D eigenvalue weighted by molar-refractivity contribution is 7.20. The highest BCUT2D eigenvalue weighted by Crippen LogP contribution is 2.50. The van der Waals surface area contributed by atoms with Gasteiger partial charge in [0.25, 0.3) is 0 Å². The van der Waals surface area contributed by atoms with Crippen LogP contribution in [0.25, 0.3) is 33.1 Å². The fraction of sp³-hybridized carbons (Fsp3) is 0.0476. The molecule has 0 bridgehead atoms. The van der Waals surface area contributed by atoms with Gasteiger partial charge in [0.05, 0.1) is 0 Å². The van der Waals surface area contributed by atoms with E-state index in [1.54, 1.807) is 0 Å². The molecule has 1 heterocycles. The van der Waals surface area contributed by atoms with E-state index >= 15 is 0 Å². The summed E-state index contributed by atoms with van der Waals surface area (Å²) in [6.45, 7) is 4.70. The molecular formula is C63H48N2OSi. The van der Waals surface area contributed by atoms with Gasteiger partial charge >= 0.3 is 0 Å². The molecule has 11 aromatic rings. The first-order valence-corrected chi connectivity index (χ1v) is 25.2. The Balaban J connectivity index is 1.04. The van der Waals surface area contributed by atoms with E-state index in [9.17, 15) is 0 Å². The predicted molar refractivity (Wildman–Crippen MR) is 284 cm³/mol. The molecule has 0 atom stereocenters. The second kappa shape index (κ2) is 16.4. The first-order valence-electron chi connectivity index (χ1n) is 23.2. The SMILES string of the molecule is CC1(C)c2ccccc2-c2cc(N(c3ccccc3)c3cccc([Si](c4ccccc4)(c4ccccc4)c4ccc(N(c5ccccc5)c5ccc6oc7ccccc7c6c5)cc4)c3)ccc21. The highest BCUT2D eigenvalue weighted by atomic mass is 28.3. The van der Waals surface area contributed by atoms with E-state index in [0.717, 1.165) is 56.1 Å². The van der Waals surface area contributed by atoms with E-state index in [0.29, 0.717) is 0 Å². The second-order valence-corrected chi connectivity index (χ2v) is 21.9. The van der Waals surface area contributed by atoms with Gasteiger partial charge < -0.3 is 14.2 Å². The van der Waals surface area contributed by atoms with Crippen LogP contribution in [0, 0.1) is 0 Å². The van der Waals surface area contributed by atoms with E-state index in [-0.39, 0.29) is 5.41 Å². The molecule has 1 aliphatic carbocycles. The van der Waals surface area contributed by atoms with Gasteiger partial charge in [-0.15, -0.1) is 0 Å². The summed E-state index contributed by atoms with van der Waals surface area (Å²) in [7, 11) is -2.99. The van der Waals surface area contributed by atoms with E-state index in [4.69, 9.17) is 4.42 Å². The lowest BCUT2D eigenvalue weighted by Gasteiger charge is -2.36. The minimum Gasteiger partial charge on any atom is -0.456 e. The number of nitrogens with zero attached hydrogens (tertiary/aromatic N) is 2. The van der Waals surface area contributed by atoms with Gasteiger partial charge in [-0.25, -0.2) is 0 Å². The highest BCUT2D eigenvalue weighted by Gasteiger charge is 2.42. The number of furan rings is 1. The molecule has 0 aliphatic heterocycles. The van der Waals surface area contributed by atoms with Crippen LogP contribution in [0.3, 0.4) is 0 Å². The van der Waals surface area contributed by atoms with Crippen molar-refractivity contribution in [2.24, 2.45) is 0 Å². The summed E-state index contributed by atoms with van der Waals surface area (Å²) >= 11 is 0. The Bertz CT molecular complexity index is 3510. The molecule has 0 N–H and O–H groups in total. The number of para-hydroxylation sites is 3. The maximum absolute atomic E-state index is 6.27. The van der Waals surface area contributed by atoms with Gasteiger partial charge in [0, 0.05) is 50.3 Å². The van der Waals surface area contributed by atoms with Gasteiger partial charge in [0.1, 0.15) is 11.2 Å². The molecule has 0 saturated heterocycles. The quantitative estimate of drug-likeness (QED) is 0.101. The lowest BCUT2D eigenvalue weighted by atomic mass is 9.82. The van der Waals surface area contributed by atoms with Crippen molar-refractivity contribution in [2.45, 2.75) is 19.3 Å². The van der Waals surface area contributed by atoms with Crippen molar-refractivity contribution in [3.63, 3.8) is 0 Å². The van der Waals surface area contributed by atoms with Crippen LogP contribution in [0.15, 0.2) is 259 Å². The Hall–Kier alpha value is -8.18. The van der Waals surface area contributed by atoms with Crippen LogP contribution in [0.4, 0.5) is 34.1 Å². The third-order valence-electron chi connectivity index (χ3n) is 14.0. The van der Waals surface area contributed by atoms with Crippen LogP contribution >= 0.6 is 0 Å². The molecule has 67 heavy (non-hydrogen) atoms. The van der Waals surface area contributed by atoms with Crippen molar-refractivity contribution in [1.82, 2.24) is 0 Å². The third-order valence-corrected chi connectivity index (χ3v) is 18.8. The Morgan fingerprint density at radius 1 is 0.313 bits per heavy atom. The molecule has 0 radical (unpaired) electrons. The normalized spacial score (nSPS) is 12.7. The van der Waals surface area contributed by atoms with Crippen LogP contribution in [0.5, 0.6) is 0 Å². The first kappa shape index (κ1) is 40.3. The molecule has 1 aromatic heterocycles. The predicted octanol–water partition coefficient (Wildman–Crippen LogP) is 14.2. The number of fused-ring (bicyclic) bond motifs is 6. The molecule has 0 unspecified atom stereocenters. The summed E-state index contributed by atoms with van der Waals surface area (Å²) in [6, 6.07) is 93.5. The molecule has 1 aliphatic rings. The summed E-state index contributed by atoms with van der Waals surface area (Å²) in [5.41, 5.74) is 13.7. The minimum absolute atomic E-state index is 0.0749. The lowest BCUT2D eigenvalue weighted by molar-refractivity contribution is 0.660. The largest absolute Gasteiger partial charge is 0.456 e.